The van der Waals surface area contributed by atoms with Crippen molar-refractivity contribution in [2.45, 2.75) is 25.6 Å². The number of nitrogens with zero attached hydrogens (tertiary/aromatic N) is 5. The zero-order valence-electron chi connectivity index (χ0n) is 13.4. The summed E-state index contributed by atoms with van der Waals surface area (Å²) in [6.45, 7) is 4.30. The molecule has 2 fully saturated rings. The quantitative estimate of drug-likeness (QED) is 0.793. The summed E-state index contributed by atoms with van der Waals surface area (Å²) in [4.78, 5) is 18.5. The van der Waals surface area contributed by atoms with Gasteiger partial charge in [-0.05, 0) is 13.0 Å². The van der Waals surface area contributed by atoms with Crippen LogP contribution in [0.25, 0.3) is 0 Å². The first kappa shape index (κ1) is 15.9. The van der Waals surface area contributed by atoms with Gasteiger partial charge in [-0.15, -0.1) is 11.3 Å². The van der Waals surface area contributed by atoms with Crippen LogP contribution in [0, 0.1) is 6.92 Å². The molecule has 0 N–H and O–H groups in total. The zero-order valence-corrected chi connectivity index (χ0v) is 15.0. The van der Waals surface area contributed by atoms with E-state index in [9.17, 15) is 8.42 Å². The monoisotopic (exact) mass is 365 g/mol. The van der Waals surface area contributed by atoms with Crippen molar-refractivity contribution in [2.75, 3.05) is 29.5 Å². The van der Waals surface area contributed by atoms with Crippen LogP contribution in [0.5, 0.6) is 0 Å². The predicted molar refractivity (Wildman–Crippen MR) is 92.9 cm³/mol. The molecule has 4 heterocycles. The average molecular weight is 365 g/mol. The van der Waals surface area contributed by atoms with E-state index in [4.69, 9.17) is 0 Å². The molecule has 2 aliphatic rings. The molecule has 0 aromatic carbocycles. The van der Waals surface area contributed by atoms with E-state index in [0.29, 0.717) is 5.95 Å². The van der Waals surface area contributed by atoms with Crippen LogP contribution in [0.15, 0.2) is 24.0 Å². The molecule has 4 rings (SSSR count). The second-order valence-electron chi connectivity index (χ2n) is 6.29. The highest BCUT2D eigenvalue weighted by molar-refractivity contribution is 7.91. The number of thiazole rings is 1. The average Bonchev–Trinajstić information content (AvgIpc) is 3.11. The number of aryl methyl sites for hydroxylation is 1. The smallest absolute Gasteiger partial charge is 0.225 e. The normalized spacial score (nSPS) is 26.5. The van der Waals surface area contributed by atoms with Gasteiger partial charge >= 0.3 is 0 Å². The van der Waals surface area contributed by atoms with Crippen LogP contribution in [0.4, 0.5) is 5.95 Å². The summed E-state index contributed by atoms with van der Waals surface area (Å²) in [7, 11) is -3.04. The van der Waals surface area contributed by atoms with Crippen LogP contribution in [0.1, 0.15) is 10.6 Å². The Morgan fingerprint density at radius 3 is 2.62 bits per heavy atom. The number of fused-ring (bicyclic) bond motifs is 1. The van der Waals surface area contributed by atoms with Crippen LogP contribution in [-0.2, 0) is 16.4 Å². The third kappa shape index (κ3) is 2.91. The first-order valence-corrected chi connectivity index (χ1v) is 10.6. The molecule has 2 atom stereocenters. The van der Waals surface area contributed by atoms with E-state index in [1.807, 2.05) is 12.4 Å². The maximum Gasteiger partial charge on any atom is 0.225 e. The van der Waals surface area contributed by atoms with Crippen LogP contribution in [-0.4, -0.2) is 64.9 Å². The Bertz CT molecular complexity index is 823. The Morgan fingerprint density at radius 1 is 1.17 bits per heavy atom. The van der Waals surface area contributed by atoms with E-state index in [-0.39, 0.29) is 23.6 Å². The van der Waals surface area contributed by atoms with Crippen LogP contribution < -0.4 is 4.90 Å². The van der Waals surface area contributed by atoms with E-state index in [1.165, 1.54) is 4.88 Å². The molecule has 2 saturated heterocycles. The Balaban J connectivity index is 1.62. The van der Waals surface area contributed by atoms with Crippen molar-refractivity contribution in [2.24, 2.45) is 0 Å². The van der Waals surface area contributed by atoms with Crippen LogP contribution in [0.3, 0.4) is 0 Å². The first-order chi connectivity index (χ1) is 11.5. The summed E-state index contributed by atoms with van der Waals surface area (Å²) in [6.07, 6.45) is 3.40. The van der Waals surface area contributed by atoms with Gasteiger partial charge in [0, 0.05) is 42.9 Å². The van der Waals surface area contributed by atoms with Gasteiger partial charge in [-0.1, -0.05) is 0 Å². The number of sulfone groups is 1. The standard InChI is InChI=1S/C15H19N5O2S2/c1-11-14(23-10-18-11)7-19-5-6-20(15-16-3-2-4-17-15)13-9-24(21,22)8-12(13)19/h2-4,10,12-13H,5-9H2,1H3/t12-,13+/m0/s1. The molecule has 24 heavy (non-hydrogen) atoms. The summed E-state index contributed by atoms with van der Waals surface area (Å²) in [5.74, 6) is 1.01. The third-order valence-electron chi connectivity index (χ3n) is 4.79. The third-order valence-corrected chi connectivity index (χ3v) is 7.41. The molecule has 0 unspecified atom stereocenters. The van der Waals surface area contributed by atoms with Crippen molar-refractivity contribution in [3.05, 3.63) is 34.5 Å². The van der Waals surface area contributed by atoms with Gasteiger partial charge in [-0.3, -0.25) is 4.90 Å². The highest BCUT2D eigenvalue weighted by Gasteiger charge is 2.47. The highest BCUT2D eigenvalue weighted by Crippen LogP contribution is 2.30. The van der Waals surface area contributed by atoms with Crippen molar-refractivity contribution in [1.29, 1.82) is 0 Å². The molecule has 0 amide bonds. The SMILES string of the molecule is Cc1ncsc1CN1CCN(c2ncccn2)[C@@H]2CS(=O)(=O)C[C@@H]21. The first-order valence-electron chi connectivity index (χ1n) is 7.90. The molecule has 9 heteroatoms. The lowest BCUT2D eigenvalue weighted by molar-refractivity contribution is 0.160. The van der Waals surface area contributed by atoms with E-state index >= 15 is 0 Å². The Kier molecular flexibility index (Phi) is 4.01. The van der Waals surface area contributed by atoms with Gasteiger partial charge in [0.2, 0.25) is 5.95 Å². The molecular weight excluding hydrogens is 346 g/mol. The molecule has 128 valence electrons. The lowest BCUT2D eigenvalue weighted by Gasteiger charge is -2.43. The minimum Gasteiger partial charge on any atom is -0.334 e. The second-order valence-corrected chi connectivity index (χ2v) is 9.38. The fourth-order valence-corrected chi connectivity index (χ4v) is 6.38. The fraction of sp³-hybridized carbons (Fsp3) is 0.533. The molecule has 7 nitrogen and oxygen atoms in total. The lowest BCUT2D eigenvalue weighted by atomic mass is 10.0. The number of rotatable bonds is 3. The topological polar surface area (TPSA) is 79.3 Å². The Morgan fingerprint density at radius 2 is 1.92 bits per heavy atom. The number of aromatic nitrogens is 3. The maximum atomic E-state index is 12.3. The molecule has 0 radical (unpaired) electrons. The summed E-state index contributed by atoms with van der Waals surface area (Å²) in [5.41, 5.74) is 2.88. The van der Waals surface area contributed by atoms with Gasteiger partial charge in [0.15, 0.2) is 9.84 Å². The van der Waals surface area contributed by atoms with Crippen molar-refractivity contribution in [3.8, 4) is 0 Å². The molecule has 0 aliphatic carbocycles. The number of anilines is 1. The minimum absolute atomic E-state index is 0.0194. The van der Waals surface area contributed by atoms with Crippen molar-refractivity contribution in [1.82, 2.24) is 19.9 Å². The van der Waals surface area contributed by atoms with Crippen molar-refractivity contribution in [3.63, 3.8) is 0 Å². The van der Waals surface area contributed by atoms with Gasteiger partial charge in [0.05, 0.1) is 28.8 Å². The Labute approximate surface area is 145 Å². The predicted octanol–water partition coefficient (Wildman–Crippen LogP) is 0.729. The number of hydrogen-bond donors (Lipinski definition) is 0. The highest BCUT2D eigenvalue weighted by atomic mass is 32.2. The number of piperazine rings is 1. The number of hydrogen-bond acceptors (Lipinski definition) is 8. The van der Waals surface area contributed by atoms with E-state index < -0.39 is 9.84 Å². The van der Waals surface area contributed by atoms with E-state index in [0.717, 1.165) is 25.3 Å². The van der Waals surface area contributed by atoms with Crippen molar-refractivity contribution >= 4 is 27.1 Å². The Hall–Kier alpha value is -1.58. The minimum atomic E-state index is -3.04. The zero-order chi connectivity index (χ0) is 16.7. The van der Waals surface area contributed by atoms with Gasteiger partial charge in [0.1, 0.15) is 0 Å². The van der Waals surface area contributed by atoms with Crippen molar-refractivity contribution < 1.29 is 8.42 Å². The molecule has 0 bridgehead atoms. The summed E-state index contributed by atoms with van der Waals surface area (Å²) >= 11 is 1.63. The van der Waals surface area contributed by atoms with Gasteiger partial charge in [0.25, 0.3) is 0 Å². The molecule has 2 aromatic heterocycles. The van der Waals surface area contributed by atoms with E-state index in [2.05, 4.69) is 24.8 Å². The molecule has 2 aromatic rings. The van der Waals surface area contributed by atoms with Gasteiger partial charge in [-0.25, -0.2) is 23.4 Å². The fourth-order valence-electron chi connectivity index (χ4n) is 3.57. The maximum absolute atomic E-state index is 12.3. The molecule has 2 aliphatic heterocycles. The lowest BCUT2D eigenvalue weighted by Crippen LogP contribution is -2.59. The van der Waals surface area contributed by atoms with Gasteiger partial charge in [-0.2, -0.15) is 0 Å². The van der Waals surface area contributed by atoms with Gasteiger partial charge < -0.3 is 4.90 Å². The van der Waals surface area contributed by atoms with Crippen LogP contribution >= 0.6 is 11.3 Å². The van der Waals surface area contributed by atoms with E-state index in [1.54, 1.807) is 29.8 Å². The summed E-state index contributed by atoms with van der Waals surface area (Å²) < 4.78 is 24.6. The largest absolute Gasteiger partial charge is 0.334 e. The molecule has 0 saturated carbocycles. The summed E-state index contributed by atoms with van der Waals surface area (Å²) in [5, 5.41) is 0. The molecular formula is C15H19N5O2S2. The summed E-state index contributed by atoms with van der Waals surface area (Å²) in [6, 6.07) is 1.67. The second kappa shape index (κ2) is 6.05. The van der Waals surface area contributed by atoms with Crippen LogP contribution in [0.2, 0.25) is 0 Å². The molecule has 0 spiro atoms.